The van der Waals surface area contributed by atoms with Crippen LogP contribution in [0.5, 0.6) is 0 Å². The minimum absolute atomic E-state index is 0.102. The maximum absolute atomic E-state index is 13.4. The van der Waals surface area contributed by atoms with Gasteiger partial charge in [-0.3, -0.25) is 0 Å². The number of benzene rings is 1. The van der Waals surface area contributed by atoms with Crippen LogP contribution in [0, 0.1) is 5.82 Å². The molecule has 100 valence electrons. The zero-order valence-corrected chi connectivity index (χ0v) is 10.3. The van der Waals surface area contributed by atoms with Gasteiger partial charge in [-0.1, -0.05) is 28.0 Å². The molecule has 0 spiro atoms. The Bertz CT molecular complexity index is 595. The molecule has 0 amide bonds. The lowest BCUT2D eigenvalue weighted by atomic mass is 10.2. The van der Waals surface area contributed by atoms with Gasteiger partial charge in [0.15, 0.2) is 0 Å². The number of nitrogens with one attached hydrogen (secondary N) is 1. The van der Waals surface area contributed by atoms with Gasteiger partial charge in [-0.05, 0) is 12.1 Å². The van der Waals surface area contributed by atoms with Gasteiger partial charge in [0.05, 0.1) is 10.2 Å². The number of hydrogen-bond donors (Lipinski definition) is 2. The largest absolute Gasteiger partial charge is 0.389 e. The van der Waals surface area contributed by atoms with Crippen molar-refractivity contribution in [2.45, 2.75) is 6.61 Å². The van der Waals surface area contributed by atoms with E-state index in [0.29, 0.717) is 0 Å². The number of hydrogen-bond acceptors (Lipinski definition) is 5. The van der Waals surface area contributed by atoms with E-state index < -0.39 is 5.82 Å². The van der Waals surface area contributed by atoms with Crippen LogP contribution < -0.4 is 16.6 Å². The number of aromatic amines is 1. The summed E-state index contributed by atoms with van der Waals surface area (Å²) in [5.41, 5.74) is 11.3. The van der Waals surface area contributed by atoms with Crippen molar-refractivity contribution in [2.24, 2.45) is 10.9 Å². The van der Waals surface area contributed by atoms with Gasteiger partial charge in [-0.2, -0.15) is 0 Å². The molecule has 5 N–H and O–H groups in total. The number of H-pyrrole nitrogens is 1. The minimum Gasteiger partial charge on any atom is -0.389 e. The summed E-state index contributed by atoms with van der Waals surface area (Å²) in [7, 11) is 0. The molecule has 9 heteroatoms. The van der Waals surface area contributed by atoms with Crippen molar-refractivity contribution < 1.29 is 19.0 Å². The highest BCUT2D eigenvalue weighted by Gasteiger charge is 2.18. The van der Waals surface area contributed by atoms with Crippen LogP contribution >= 0.6 is 11.6 Å². The van der Waals surface area contributed by atoms with Crippen LogP contribution in [0.4, 0.5) is 10.2 Å². The fourth-order valence-electron chi connectivity index (χ4n) is 1.28. The lowest BCUT2D eigenvalue weighted by molar-refractivity contribution is -0.610. The third-order valence-electron chi connectivity index (χ3n) is 2.22. The van der Waals surface area contributed by atoms with Crippen molar-refractivity contribution in [1.29, 1.82) is 0 Å². The number of aromatic nitrogens is 2. The van der Waals surface area contributed by atoms with Crippen molar-refractivity contribution in [3.63, 3.8) is 0 Å². The predicted octanol–water partition coefficient (Wildman–Crippen LogP) is 0.700. The number of halogens is 2. The van der Waals surface area contributed by atoms with E-state index in [1.807, 2.05) is 0 Å². The SMILES string of the molecule is NC(=NOCc1c(F)cccc1Cl)c1no[nH+]c1N. The molecule has 1 aromatic heterocycles. The van der Waals surface area contributed by atoms with Crippen LogP contribution in [0.3, 0.4) is 0 Å². The lowest BCUT2D eigenvalue weighted by Crippen LogP contribution is -2.18. The van der Waals surface area contributed by atoms with E-state index in [9.17, 15) is 4.39 Å². The quantitative estimate of drug-likeness (QED) is 0.488. The molecular weight excluding hydrogens is 277 g/mol. The average molecular weight is 287 g/mol. The molecule has 0 bridgehead atoms. The van der Waals surface area contributed by atoms with E-state index in [1.54, 1.807) is 6.07 Å². The molecule has 0 aliphatic carbocycles. The van der Waals surface area contributed by atoms with Gasteiger partial charge in [0.1, 0.15) is 12.4 Å². The third kappa shape index (κ3) is 2.91. The number of nitrogens with two attached hydrogens (primary N) is 2. The first-order chi connectivity index (χ1) is 9.09. The average Bonchev–Trinajstić information content (AvgIpc) is 2.79. The maximum Gasteiger partial charge on any atom is 0.303 e. The molecule has 0 unspecified atom stereocenters. The van der Waals surface area contributed by atoms with Gasteiger partial charge in [0.2, 0.25) is 5.84 Å². The zero-order valence-electron chi connectivity index (χ0n) is 9.56. The van der Waals surface area contributed by atoms with Crippen LogP contribution in [-0.4, -0.2) is 11.0 Å². The Morgan fingerprint density at radius 2 is 2.37 bits per heavy atom. The molecule has 19 heavy (non-hydrogen) atoms. The minimum atomic E-state index is -0.490. The molecule has 0 aliphatic rings. The van der Waals surface area contributed by atoms with Crippen LogP contribution in [0.1, 0.15) is 11.3 Å². The van der Waals surface area contributed by atoms with E-state index in [0.717, 1.165) is 0 Å². The normalized spacial score (nSPS) is 11.6. The van der Waals surface area contributed by atoms with Crippen molar-refractivity contribution in [1.82, 2.24) is 5.16 Å². The second-order valence-corrected chi connectivity index (χ2v) is 3.90. The summed E-state index contributed by atoms with van der Waals surface area (Å²) in [5, 5.41) is 9.55. The van der Waals surface area contributed by atoms with Gasteiger partial charge in [0.25, 0.3) is 0 Å². The second-order valence-electron chi connectivity index (χ2n) is 3.50. The monoisotopic (exact) mass is 286 g/mol. The highest BCUT2D eigenvalue weighted by molar-refractivity contribution is 6.31. The Morgan fingerprint density at radius 3 is 3.00 bits per heavy atom. The van der Waals surface area contributed by atoms with Gasteiger partial charge < -0.3 is 16.3 Å². The van der Waals surface area contributed by atoms with Crippen molar-refractivity contribution in [3.05, 3.63) is 40.3 Å². The summed E-state index contributed by atoms with van der Waals surface area (Å²) >= 11 is 5.82. The van der Waals surface area contributed by atoms with Gasteiger partial charge in [-0.15, -0.1) is 4.63 Å². The fraction of sp³-hybridized carbons (Fsp3) is 0.100. The summed E-state index contributed by atoms with van der Waals surface area (Å²) in [4.78, 5) is 4.91. The smallest absolute Gasteiger partial charge is 0.303 e. The topological polar surface area (TPSA) is 114 Å². The second kappa shape index (κ2) is 5.53. The maximum atomic E-state index is 13.4. The summed E-state index contributed by atoms with van der Waals surface area (Å²) in [6.45, 7) is -0.173. The molecule has 2 aromatic rings. The van der Waals surface area contributed by atoms with E-state index in [1.165, 1.54) is 12.1 Å². The number of rotatable bonds is 4. The molecule has 0 radical (unpaired) electrons. The molecule has 2 rings (SSSR count). The lowest BCUT2D eigenvalue weighted by Gasteiger charge is -2.04. The molecule has 0 atom stereocenters. The van der Waals surface area contributed by atoms with E-state index in [-0.39, 0.29) is 34.5 Å². The van der Waals surface area contributed by atoms with E-state index in [2.05, 4.69) is 20.1 Å². The van der Waals surface area contributed by atoms with Gasteiger partial charge in [-0.25, -0.2) is 4.39 Å². The number of nitrogen functional groups attached to an aromatic ring is 1. The molecular formula is C10H10ClFN5O2+. The highest BCUT2D eigenvalue weighted by atomic mass is 35.5. The number of oxime groups is 1. The Labute approximate surface area is 111 Å². The van der Waals surface area contributed by atoms with Crippen LogP contribution in [0.25, 0.3) is 0 Å². The third-order valence-corrected chi connectivity index (χ3v) is 2.58. The first-order valence-electron chi connectivity index (χ1n) is 5.11. The Kier molecular flexibility index (Phi) is 3.81. The molecule has 7 nitrogen and oxygen atoms in total. The van der Waals surface area contributed by atoms with Crippen molar-refractivity contribution >= 4 is 23.3 Å². The number of anilines is 1. The summed E-state index contributed by atoms with van der Waals surface area (Å²) < 4.78 is 17.9. The molecule has 0 saturated carbocycles. The number of amidine groups is 1. The Hall–Kier alpha value is -2.35. The summed E-state index contributed by atoms with van der Waals surface area (Å²) in [5.74, 6) is -0.487. The zero-order chi connectivity index (χ0) is 13.8. The Morgan fingerprint density at radius 1 is 1.58 bits per heavy atom. The van der Waals surface area contributed by atoms with Crippen molar-refractivity contribution in [2.75, 3.05) is 5.73 Å². The van der Waals surface area contributed by atoms with E-state index in [4.69, 9.17) is 27.9 Å². The predicted molar refractivity (Wildman–Crippen MR) is 64.4 cm³/mol. The standard InChI is InChI=1S/C10H9ClFN5O2/c11-6-2-1-3-7(12)5(6)4-18-16-9(13)8-10(14)17-19-15-8/h1-3H,4H2,(H2,13,16)(H2,14,17)/p+1. The Balaban J connectivity index is 2.06. The highest BCUT2D eigenvalue weighted by Crippen LogP contribution is 2.19. The first kappa shape index (κ1) is 13.1. The molecule has 0 fully saturated rings. The van der Waals surface area contributed by atoms with Gasteiger partial charge >= 0.3 is 11.5 Å². The molecule has 1 aromatic carbocycles. The number of nitrogens with zero attached hydrogens (tertiary/aromatic N) is 2. The van der Waals surface area contributed by atoms with Crippen LogP contribution in [-0.2, 0) is 11.4 Å². The van der Waals surface area contributed by atoms with Crippen LogP contribution in [0.2, 0.25) is 5.02 Å². The molecule has 0 saturated heterocycles. The molecule has 0 aliphatic heterocycles. The van der Waals surface area contributed by atoms with Crippen molar-refractivity contribution in [3.8, 4) is 0 Å². The summed E-state index contributed by atoms with van der Waals surface area (Å²) in [6.07, 6.45) is 0. The molecule has 1 heterocycles. The first-order valence-corrected chi connectivity index (χ1v) is 5.49. The van der Waals surface area contributed by atoms with Gasteiger partial charge in [0, 0.05) is 5.56 Å². The van der Waals surface area contributed by atoms with Crippen LogP contribution in [0.15, 0.2) is 28.0 Å². The van der Waals surface area contributed by atoms with E-state index >= 15 is 0 Å². The fourth-order valence-corrected chi connectivity index (χ4v) is 1.50. The summed E-state index contributed by atoms with van der Waals surface area (Å²) in [6, 6.07) is 4.30.